The third kappa shape index (κ3) is 2.99. The first-order chi connectivity index (χ1) is 9.10. The number of H-pyrrole nitrogens is 1. The Labute approximate surface area is 111 Å². The molecule has 0 unspecified atom stereocenters. The van der Waals surface area contributed by atoms with E-state index in [1.807, 2.05) is 19.9 Å². The van der Waals surface area contributed by atoms with Crippen LogP contribution in [0, 0.1) is 11.3 Å². The summed E-state index contributed by atoms with van der Waals surface area (Å²) in [4.78, 5) is 11.9. The summed E-state index contributed by atoms with van der Waals surface area (Å²) in [6.45, 7) is 4.05. The van der Waals surface area contributed by atoms with Crippen LogP contribution in [-0.2, 0) is 0 Å². The number of aromatic nitrogens is 2. The van der Waals surface area contributed by atoms with Gasteiger partial charge in [0.15, 0.2) is 5.69 Å². The lowest BCUT2D eigenvalue weighted by Gasteiger charge is -2.02. The molecule has 0 spiro atoms. The molecule has 2 rings (SSSR count). The van der Waals surface area contributed by atoms with Crippen molar-refractivity contribution in [3.63, 3.8) is 0 Å². The second kappa shape index (κ2) is 5.36. The minimum Gasteiger partial charge on any atom is -0.321 e. The number of nitriles is 1. The van der Waals surface area contributed by atoms with E-state index in [2.05, 4.69) is 15.5 Å². The molecule has 0 radical (unpaired) electrons. The van der Waals surface area contributed by atoms with Crippen molar-refractivity contribution in [2.24, 2.45) is 0 Å². The fraction of sp³-hybridized carbons (Fsp3) is 0.214. The number of nitrogens with one attached hydrogen (secondary N) is 2. The predicted octanol–water partition coefficient (Wildman–Crippen LogP) is 2.66. The summed E-state index contributed by atoms with van der Waals surface area (Å²) in [6, 6.07) is 10.4. The van der Waals surface area contributed by atoms with E-state index in [-0.39, 0.29) is 5.91 Å². The summed E-state index contributed by atoms with van der Waals surface area (Å²) in [5.41, 5.74) is 2.47. The first-order valence-corrected chi connectivity index (χ1v) is 5.97. The molecule has 0 aliphatic carbocycles. The Kier molecular flexibility index (Phi) is 3.62. The minimum absolute atomic E-state index is 0.271. The van der Waals surface area contributed by atoms with Crippen LogP contribution in [0.4, 0.5) is 5.69 Å². The summed E-state index contributed by atoms with van der Waals surface area (Å²) in [6.07, 6.45) is 0. The number of carbonyl (C=O) groups is 1. The number of anilines is 1. The van der Waals surface area contributed by atoms with Crippen LogP contribution in [0.1, 0.15) is 41.5 Å². The lowest BCUT2D eigenvalue weighted by Crippen LogP contribution is -2.12. The van der Waals surface area contributed by atoms with E-state index in [1.165, 1.54) is 0 Å². The molecule has 0 atom stereocenters. The molecule has 0 saturated heterocycles. The zero-order valence-electron chi connectivity index (χ0n) is 10.8. The number of nitrogens with zero attached hydrogens (tertiary/aromatic N) is 2. The van der Waals surface area contributed by atoms with Crippen molar-refractivity contribution in [1.82, 2.24) is 10.2 Å². The monoisotopic (exact) mass is 254 g/mol. The summed E-state index contributed by atoms with van der Waals surface area (Å²) in [5.74, 6) is 0.0248. The molecule has 1 heterocycles. The average molecular weight is 254 g/mol. The van der Waals surface area contributed by atoms with Gasteiger partial charge in [0, 0.05) is 11.4 Å². The first-order valence-electron chi connectivity index (χ1n) is 5.97. The van der Waals surface area contributed by atoms with Crippen LogP contribution in [-0.4, -0.2) is 16.1 Å². The summed E-state index contributed by atoms with van der Waals surface area (Å²) in [7, 11) is 0. The Morgan fingerprint density at radius 3 is 2.58 bits per heavy atom. The number of aromatic amines is 1. The third-order valence-corrected chi connectivity index (χ3v) is 2.72. The molecule has 1 aromatic carbocycles. The standard InChI is InChI=1S/C14H14N4O/c1-9(2)12-7-13(18-17-12)14(19)16-11-5-3-10(8-15)4-6-11/h3-7,9H,1-2H3,(H,16,19)(H,17,18). The summed E-state index contributed by atoms with van der Waals surface area (Å²) < 4.78 is 0. The van der Waals surface area contributed by atoms with Gasteiger partial charge < -0.3 is 5.32 Å². The van der Waals surface area contributed by atoms with Crippen LogP contribution in [0.3, 0.4) is 0 Å². The number of hydrogen-bond donors (Lipinski definition) is 2. The Hall–Kier alpha value is -2.61. The Morgan fingerprint density at radius 1 is 1.37 bits per heavy atom. The molecule has 5 nitrogen and oxygen atoms in total. The highest BCUT2D eigenvalue weighted by Gasteiger charge is 2.12. The summed E-state index contributed by atoms with van der Waals surface area (Å²) in [5, 5.41) is 18.2. The van der Waals surface area contributed by atoms with E-state index in [9.17, 15) is 4.79 Å². The van der Waals surface area contributed by atoms with Crippen molar-refractivity contribution in [3.8, 4) is 6.07 Å². The lowest BCUT2D eigenvalue weighted by molar-refractivity contribution is 0.102. The molecule has 0 fully saturated rings. The van der Waals surface area contributed by atoms with Gasteiger partial charge in [0.2, 0.25) is 0 Å². The number of carbonyl (C=O) groups excluding carboxylic acids is 1. The topological polar surface area (TPSA) is 81.6 Å². The van der Waals surface area contributed by atoms with Gasteiger partial charge in [0.05, 0.1) is 11.6 Å². The maximum Gasteiger partial charge on any atom is 0.276 e. The van der Waals surface area contributed by atoms with Gasteiger partial charge in [-0.25, -0.2) is 0 Å². The van der Waals surface area contributed by atoms with Crippen LogP contribution in [0.5, 0.6) is 0 Å². The SMILES string of the molecule is CC(C)c1cc(C(=O)Nc2ccc(C#N)cc2)n[nH]1. The maximum atomic E-state index is 11.9. The molecule has 1 aromatic heterocycles. The van der Waals surface area contributed by atoms with Gasteiger partial charge >= 0.3 is 0 Å². The molecule has 0 aliphatic rings. The van der Waals surface area contributed by atoms with Crippen LogP contribution in [0.25, 0.3) is 0 Å². The molecular weight excluding hydrogens is 240 g/mol. The third-order valence-electron chi connectivity index (χ3n) is 2.72. The second-order valence-electron chi connectivity index (χ2n) is 4.51. The molecule has 19 heavy (non-hydrogen) atoms. The van der Waals surface area contributed by atoms with Gasteiger partial charge in [-0.15, -0.1) is 0 Å². The van der Waals surface area contributed by atoms with Crippen molar-refractivity contribution >= 4 is 11.6 Å². The highest BCUT2D eigenvalue weighted by Crippen LogP contribution is 2.14. The lowest BCUT2D eigenvalue weighted by atomic mass is 10.1. The predicted molar refractivity (Wildman–Crippen MR) is 71.8 cm³/mol. The molecule has 2 N–H and O–H groups in total. The average Bonchev–Trinajstić information content (AvgIpc) is 2.89. The quantitative estimate of drug-likeness (QED) is 0.883. The fourth-order valence-corrected chi connectivity index (χ4v) is 1.57. The fourth-order valence-electron chi connectivity index (χ4n) is 1.57. The van der Waals surface area contributed by atoms with Crippen molar-refractivity contribution in [2.45, 2.75) is 19.8 Å². The number of hydrogen-bond acceptors (Lipinski definition) is 3. The number of benzene rings is 1. The van der Waals surface area contributed by atoms with Crippen LogP contribution >= 0.6 is 0 Å². The molecule has 0 aliphatic heterocycles. The number of rotatable bonds is 3. The van der Waals surface area contributed by atoms with E-state index in [0.717, 1.165) is 5.69 Å². The summed E-state index contributed by atoms with van der Waals surface area (Å²) >= 11 is 0. The molecule has 0 bridgehead atoms. The largest absolute Gasteiger partial charge is 0.321 e. The van der Waals surface area contributed by atoms with Crippen molar-refractivity contribution < 1.29 is 4.79 Å². The van der Waals surface area contributed by atoms with Crippen molar-refractivity contribution in [2.75, 3.05) is 5.32 Å². The van der Waals surface area contributed by atoms with Crippen molar-refractivity contribution in [3.05, 3.63) is 47.3 Å². The van der Waals surface area contributed by atoms with E-state index in [0.29, 0.717) is 22.9 Å². The molecule has 1 amide bonds. The zero-order chi connectivity index (χ0) is 13.8. The van der Waals surface area contributed by atoms with E-state index >= 15 is 0 Å². The normalized spacial score (nSPS) is 10.2. The van der Waals surface area contributed by atoms with Gasteiger partial charge in [-0.1, -0.05) is 13.8 Å². The van der Waals surface area contributed by atoms with Gasteiger partial charge in [-0.2, -0.15) is 10.4 Å². The van der Waals surface area contributed by atoms with Gasteiger partial charge in [0.25, 0.3) is 5.91 Å². The molecular formula is C14H14N4O. The van der Waals surface area contributed by atoms with Crippen LogP contribution < -0.4 is 5.32 Å². The van der Waals surface area contributed by atoms with E-state index in [4.69, 9.17) is 5.26 Å². The zero-order valence-corrected chi connectivity index (χ0v) is 10.8. The second-order valence-corrected chi connectivity index (χ2v) is 4.51. The number of amides is 1. The first kappa shape index (κ1) is 12.8. The van der Waals surface area contributed by atoms with E-state index in [1.54, 1.807) is 30.3 Å². The highest BCUT2D eigenvalue weighted by molar-refractivity contribution is 6.02. The van der Waals surface area contributed by atoms with E-state index < -0.39 is 0 Å². The molecule has 96 valence electrons. The smallest absolute Gasteiger partial charge is 0.276 e. The van der Waals surface area contributed by atoms with Gasteiger partial charge in [-0.3, -0.25) is 9.89 Å². The molecule has 0 saturated carbocycles. The Morgan fingerprint density at radius 2 is 2.05 bits per heavy atom. The molecule has 2 aromatic rings. The highest BCUT2D eigenvalue weighted by atomic mass is 16.1. The van der Waals surface area contributed by atoms with Crippen molar-refractivity contribution in [1.29, 1.82) is 5.26 Å². The Bertz CT molecular complexity index is 620. The van der Waals surface area contributed by atoms with Gasteiger partial charge in [0.1, 0.15) is 0 Å². The Balaban J connectivity index is 2.09. The van der Waals surface area contributed by atoms with Gasteiger partial charge in [-0.05, 0) is 36.2 Å². The van der Waals surface area contributed by atoms with Crippen LogP contribution in [0.2, 0.25) is 0 Å². The maximum absolute atomic E-state index is 11.9. The van der Waals surface area contributed by atoms with Crippen LogP contribution in [0.15, 0.2) is 30.3 Å². The minimum atomic E-state index is -0.271. The molecule has 5 heteroatoms.